The molecule has 0 spiro atoms. The minimum atomic E-state index is -0.241. The number of carbonyl (C=O) groups is 1. The Morgan fingerprint density at radius 3 is 3.05 bits per heavy atom. The molecule has 4 nitrogen and oxygen atoms in total. The van der Waals surface area contributed by atoms with Crippen LogP contribution in [0, 0.1) is 0 Å². The number of nitrogens with one attached hydrogen (secondary N) is 2. The number of hydrogen-bond acceptors (Lipinski definition) is 4. The molecule has 1 aromatic carbocycles. The van der Waals surface area contributed by atoms with Gasteiger partial charge in [0.1, 0.15) is 6.04 Å². The van der Waals surface area contributed by atoms with Crippen LogP contribution < -0.4 is 15.5 Å². The lowest BCUT2D eigenvalue weighted by atomic mass is 10.1. The summed E-state index contributed by atoms with van der Waals surface area (Å²) >= 11 is 5.69. The van der Waals surface area contributed by atoms with Crippen LogP contribution in [0.25, 0.3) is 0 Å². The van der Waals surface area contributed by atoms with Gasteiger partial charge in [-0.3, -0.25) is 4.79 Å². The van der Waals surface area contributed by atoms with Gasteiger partial charge in [0.05, 0.1) is 5.69 Å². The van der Waals surface area contributed by atoms with Gasteiger partial charge in [0.15, 0.2) is 0 Å². The molecule has 0 aliphatic carbocycles. The third-order valence-corrected chi connectivity index (χ3v) is 5.49. The lowest BCUT2D eigenvalue weighted by molar-refractivity contribution is -0.117. The Bertz CT molecular complexity index is 529. The Hall–Kier alpha value is -0.720. The molecule has 3 rings (SSSR count). The summed E-state index contributed by atoms with van der Waals surface area (Å²) < 4.78 is 1.07. The summed E-state index contributed by atoms with van der Waals surface area (Å²) in [5, 5.41) is 6.02. The molecule has 0 aromatic heterocycles. The molecule has 0 saturated carbocycles. The molecule has 2 N–H and O–H groups in total. The molecule has 1 saturated heterocycles. The second-order valence-corrected chi connectivity index (χ2v) is 7.13. The van der Waals surface area contributed by atoms with E-state index in [2.05, 4.69) is 43.6 Å². The van der Waals surface area contributed by atoms with Crippen molar-refractivity contribution in [2.45, 2.75) is 12.5 Å². The largest absolute Gasteiger partial charge is 0.370 e. The van der Waals surface area contributed by atoms with E-state index in [-0.39, 0.29) is 11.9 Å². The van der Waals surface area contributed by atoms with Crippen molar-refractivity contribution in [2.75, 3.05) is 41.9 Å². The minimum Gasteiger partial charge on any atom is -0.370 e. The Morgan fingerprint density at radius 1 is 1.40 bits per heavy atom. The number of nitrogens with zero attached hydrogens (tertiary/aromatic N) is 1. The van der Waals surface area contributed by atoms with Gasteiger partial charge in [-0.05, 0) is 47.3 Å². The Morgan fingerprint density at radius 2 is 2.25 bits per heavy atom. The molecule has 1 atom stereocenters. The van der Waals surface area contributed by atoms with Gasteiger partial charge < -0.3 is 15.5 Å². The summed E-state index contributed by atoms with van der Waals surface area (Å²) in [6.45, 7) is 2.14. The normalized spacial score (nSPS) is 22.4. The van der Waals surface area contributed by atoms with Crippen molar-refractivity contribution in [2.24, 2.45) is 0 Å². The predicted molar refractivity (Wildman–Crippen MR) is 88.7 cm³/mol. The van der Waals surface area contributed by atoms with Crippen LogP contribution in [0.1, 0.15) is 18.0 Å². The number of thioether (sulfide) groups is 1. The summed E-state index contributed by atoms with van der Waals surface area (Å²) in [6.07, 6.45) is 1.21. The maximum atomic E-state index is 11.9. The zero-order chi connectivity index (χ0) is 14.1. The molecule has 1 aromatic rings. The molecule has 2 aliphatic heterocycles. The molecule has 2 heterocycles. The summed E-state index contributed by atoms with van der Waals surface area (Å²) in [5.74, 6) is 2.42. The van der Waals surface area contributed by atoms with Crippen LogP contribution in [0.2, 0.25) is 0 Å². The van der Waals surface area contributed by atoms with E-state index in [4.69, 9.17) is 0 Å². The van der Waals surface area contributed by atoms with Crippen molar-refractivity contribution >= 4 is 45.0 Å². The Kier molecular flexibility index (Phi) is 4.23. The van der Waals surface area contributed by atoms with Crippen molar-refractivity contribution < 1.29 is 4.79 Å². The van der Waals surface area contributed by atoms with E-state index >= 15 is 0 Å². The molecule has 20 heavy (non-hydrogen) atoms. The smallest absolute Gasteiger partial charge is 0.246 e. The quantitative estimate of drug-likeness (QED) is 0.855. The van der Waals surface area contributed by atoms with Crippen LogP contribution in [-0.2, 0) is 4.79 Å². The highest BCUT2D eigenvalue weighted by atomic mass is 79.9. The number of anilines is 2. The van der Waals surface area contributed by atoms with Crippen LogP contribution in [-0.4, -0.2) is 37.6 Å². The SMILES string of the molecule is CNC1C(=O)Nc2cc(N3CCCSCC3)c(Br)cc21. The van der Waals surface area contributed by atoms with E-state index in [9.17, 15) is 4.79 Å². The maximum absolute atomic E-state index is 11.9. The van der Waals surface area contributed by atoms with E-state index in [1.54, 1.807) is 0 Å². The zero-order valence-electron chi connectivity index (χ0n) is 11.4. The van der Waals surface area contributed by atoms with E-state index in [0.29, 0.717) is 0 Å². The third-order valence-electron chi connectivity index (χ3n) is 3.80. The molecule has 0 radical (unpaired) electrons. The second-order valence-electron chi connectivity index (χ2n) is 5.05. The Labute approximate surface area is 131 Å². The van der Waals surface area contributed by atoms with Crippen LogP contribution in [0.5, 0.6) is 0 Å². The fourth-order valence-electron chi connectivity index (χ4n) is 2.79. The first-order valence-corrected chi connectivity index (χ1v) is 8.79. The monoisotopic (exact) mass is 355 g/mol. The van der Waals surface area contributed by atoms with Crippen molar-refractivity contribution in [3.63, 3.8) is 0 Å². The lowest BCUT2D eigenvalue weighted by Crippen LogP contribution is -2.26. The fraction of sp³-hybridized carbons (Fsp3) is 0.500. The van der Waals surface area contributed by atoms with Gasteiger partial charge in [0.25, 0.3) is 0 Å². The van der Waals surface area contributed by atoms with E-state index in [1.807, 2.05) is 18.8 Å². The van der Waals surface area contributed by atoms with Gasteiger partial charge in [-0.25, -0.2) is 0 Å². The van der Waals surface area contributed by atoms with Gasteiger partial charge in [-0.15, -0.1) is 0 Å². The summed E-state index contributed by atoms with van der Waals surface area (Å²) in [5.41, 5.74) is 3.14. The van der Waals surface area contributed by atoms with Crippen molar-refractivity contribution in [1.29, 1.82) is 0 Å². The maximum Gasteiger partial charge on any atom is 0.246 e. The highest BCUT2D eigenvalue weighted by Crippen LogP contribution is 2.39. The molecule has 1 unspecified atom stereocenters. The van der Waals surface area contributed by atoms with Gasteiger partial charge in [-0.1, -0.05) is 0 Å². The van der Waals surface area contributed by atoms with Crippen LogP contribution >= 0.6 is 27.7 Å². The van der Waals surface area contributed by atoms with Crippen molar-refractivity contribution in [3.8, 4) is 0 Å². The minimum absolute atomic E-state index is 0.0259. The molecule has 6 heteroatoms. The molecule has 2 aliphatic rings. The first-order chi connectivity index (χ1) is 9.70. The first kappa shape index (κ1) is 14.2. The summed E-state index contributed by atoms with van der Waals surface area (Å²) in [6, 6.07) is 3.93. The molecule has 108 valence electrons. The number of amides is 1. The summed E-state index contributed by atoms with van der Waals surface area (Å²) in [7, 11) is 1.81. The molecular formula is C14H18BrN3OS. The number of rotatable bonds is 2. The first-order valence-electron chi connectivity index (χ1n) is 6.85. The highest BCUT2D eigenvalue weighted by Gasteiger charge is 2.30. The van der Waals surface area contributed by atoms with Crippen LogP contribution in [0.3, 0.4) is 0 Å². The summed E-state index contributed by atoms with van der Waals surface area (Å²) in [4.78, 5) is 14.3. The van der Waals surface area contributed by atoms with Crippen LogP contribution in [0.4, 0.5) is 11.4 Å². The van der Waals surface area contributed by atoms with Gasteiger partial charge in [-0.2, -0.15) is 11.8 Å². The number of benzene rings is 1. The molecule has 1 amide bonds. The average molecular weight is 356 g/mol. The van der Waals surface area contributed by atoms with E-state index in [1.165, 1.54) is 17.9 Å². The van der Waals surface area contributed by atoms with Gasteiger partial charge >= 0.3 is 0 Å². The number of fused-ring (bicyclic) bond motifs is 1. The van der Waals surface area contributed by atoms with Crippen molar-refractivity contribution in [1.82, 2.24) is 5.32 Å². The average Bonchev–Trinajstić information content (AvgIpc) is 2.62. The molecule has 1 fully saturated rings. The number of likely N-dealkylation sites (N-methyl/N-ethyl adjacent to an activating group) is 1. The Balaban J connectivity index is 1.94. The third kappa shape index (κ3) is 2.56. The number of halogens is 1. The second kappa shape index (κ2) is 5.95. The van der Waals surface area contributed by atoms with Gasteiger partial charge in [0, 0.05) is 34.6 Å². The standard InChI is InChI=1S/C14H18BrN3OS/c1-16-13-9-7-10(15)12(8-11(9)17-14(13)19)18-3-2-5-20-6-4-18/h7-8,13,16H,2-6H2,1H3,(H,17,19). The van der Waals surface area contributed by atoms with Crippen molar-refractivity contribution in [3.05, 3.63) is 22.2 Å². The van der Waals surface area contributed by atoms with E-state index in [0.717, 1.165) is 34.6 Å². The zero-order valence-corrected chi connectivity index (χ0v) is 13.8. The van der Waals surface area contributed by atoms with Crippen LogP contribution in [0.15, 0.2) is 16.6 Å². The lowest BCUT2D eigenvalue weighted by Gasteiger charge is -2.24. The predicted octanol–water partition coefficient (Wildman–Crippen LogP) is 2.61. The number of hydrogen-bond donors (Lipinski definition) is 2. The fourth-order valence-corrected chi connectivity index (χ4v) is 4.29. The highest BCUT2D eigenvalue weighted by molar-refractivity contribution is 9.10. The van der Waals surface area contributed by atoms with E-state index < -0.39 is 0 Å². The molecule has 0 bridgehead atoms. The molecular weight excluding hydrogens is 338 g/mol. The van der Waals surface area contributed by atoms with Gasteiger partial charge in [0.2, 0.25) is 5.91 Å². The number of carbonyl (C=O) groups excluding carboxylic acids is 1. The topological polar surface area (TPSA) is 44.4 Å².